The quantitative estimate of drug-likeness (QED) is 0.740. The van der Waals surface area contributed by atoms with Crippen molar-refractivity contribution in [1.29, 1.82) is 0 Å². The minimum absolute atomic E-state index is 0.215. The number of hydrogen-bond acceptors (Lipinski definition) is 3. The zero-order valence-electron chi connectivity index (χ0n) is 13.7. The fraction of sp³-hybridized carbons (Fsp3) is 0.333. The van der Waals surface area contributed by atoms with E-state index in [0.29, 0.717) is 12.4 Å². The van der Waals surface area contributed by atoms with Gasteiger partial charge in [0.1, 0.15) is 5.82 Å². The maximum Gasteiger partial charge on any atom is 0.194 e. The molecule has 0 atom stereocenters. The summed E-state index contributed by atoms with van der Waals surface area (Å²) in [5.74, 6) is 0.460. The van der Waals surface area contributed by atoms with Crippen molar-refractivity contribution in [2.24, 2.45) is 0 Å². The van der Waals surface area contributed by atoms with Crippen LogP contribution in [0.25, 0.3) is 10.9 Å². The molecule has 0 spiro atoms. The topological polar surface area (TPSA) is 42.7 Å². The maximum atomic E-state index is 14.3. The lowest BCUT2D eigenvalue weighted by Gasteiger charge is -2.12. The number of unbranched alkanes of at least 4 members (excludes halogenated alkanes) is 1. The molecular formula is C18H21FN4. The molecule has 0 aliphatic rings. The average Bonchev–Trinajstić information content (AvgIpc) is 2.85. The Balaban J connectivity index is 2.05. The van der Waals surface area contributed by atoms with Gasteiger partial charge in [-0.05, 0) is 37.5 Å². The summed E-state index contributed by atoms with van der Waals surface area (Å²) < 4.78 is 16.0. The molecule has 0 bridgehead atoms. The summed E-state index contributed by atoms with van der Waals surface area (Å²) in [5, 5.41) is 4.15. The number of nitrogens with zero attached hydrogens (tertiary/aromatic N) is 3. The van der Waals surface area contributed by atoms with E-state index >= 15 is 0 Å². The number of rotatable bonds is 5. The van der Waals surface area contributed by atoms with E-state index in [-0.39, 0.29) is 5.95 Å². The number of fused-ring (bicyclic) bond motifs is 1. The lowest BCUT2D eigenvalue weighted by Crippen LogP contribution is -2.01. The predicted octanol–water partition coefficient (Wildman–Crippen LogP) is 4.73. The molecule has 0 aliphatic heterocycles. The molecule has 3 aromatic heterocycles. The van der Waals surface area contributed by atoms with Crippen molar-refractivity contribution in [3.05, 3.63) is 47.8 Å². The van der Waals surface area contributed by atoms with Gasteiger partial charge in [-0.25, -0.2) is 4.98 Å². The second-order valence-electron chi connectivity index (χ2n) is 5.84. The van der Waals surface area contributed by atoms with Gasteiger partial charge in [0.25, 0.3) is 0 Å². The van der Waals surface area contributed by atoms with Crippen LogP contribution in [0, 0.1) is 19.8 Å². The van der Waals surface area contributed by atoms with Crippen molar-refractivity contribution >= 4 is 22.4 Å². The second-order valence-corrected chi connectivity index (χ2v) is 5.84. The lowest BCUT2D eigenvalue weighted by atomic mass is 10.1. The number of halogens is 1. The lowest BCUT2D eigenvalue weighted by molar-refractivity contribution is 0.492. The number of aromatic nitrogens is 3. The minimum atomic E-state index is -0.215. The van der Waals surface area contributed by atoms with Gasteiger partial charge in [-0.1, -0.05) is 13.3 Å². The first-order valence-electron chi connectivity index (χ1n) is 7.93. The number of hydrogen-bond donors (Lipinski definition) is 1. The molecule has 0 radical (unpaired) electrons. The van der Waals surface area contributed by atoms with Crippen LogP contribution < -0.4 is 5.32 Å². The molecule has 0 unspecified atom stereocenters. The van der Waals surface area contributed by atoms with E-state index in [1.807, 2.05) is 32.3 Å². The Hall–Kier alpha value is -2.43. The molecule has 0 saturated carbocycles. The van der Waals surface area contributed by atoms with Crippen LogP contribution in [0.15, 0.2) is 30.7 Å². The highest BCUT2D eigenvalue weighted by Gasteiger charge is 2.13. The Kier molecular flexibility index (Phi) is 4.28. The second kappa shape index (κ2) is 6.36. The summed E-state index contributed by atoms with van der Waals surface area (Å²) >= 11 is 0. The first-order chi connectivity index (χ1) is 11.1. The predicted molar refractivity (Wildman–Crippen MR) is 91.6 cm³/mol. The van der Waals surface area contributed by atoms with Gasteiger partial charge in [0, 0.05) is 42.3 Å². The Morgan fingerprint density at radius 1 is 1.22 bits per heavy atom. The molecule has 3 heterocycles. The van der Waals surface area contributed by atoms with Gasteiger partial charge in [0.15, 0.2) is 5.95 Å². The third-order valence-electron chi connectivity index (χ3n) is 4.08. The van der Waals surface area contributed by atoms with Gasteiger partial charge in [-0.15, -0.1) is 0 Å². The van der Waals surface area contributed by atoms with Crippen LogP contribution in [0.2, 0.25) is 0 Å². The van der Waals surface area contributed by atoms with E-state index in [2.05, 4.69) is 22.2 Å². The molecule has 3 aromatic rings. The van der Waals surface area contributed by atoms with Crippen LogP contribution in [0.1, 0.15) is 30.9 Å². The highest BCUT2D eigenvalue weighted by atomic mass is 19.1. The third-order valence-corrected chi connectivity index (χ3v) is 4.08. The van der Waals surface area contributed by atoms with Crippen molar-refractivity contribution in [2.75, 3.05) is 5.32 Å². The zero-order chi connectivity index (χ0) is 16.4. The van der Waals surface area contributed by atoms with Crippen LogP contribution in [0.3, 0.4) is 0 Å². The van der Waals surface area contributed by atoms with Gasteiger partial charge in [-0.3, -0.25) is 4.98 Å². The summed E-state index contributed by atoms with van der Waals surface area (Å²) in [6.07, 6.45) is 7.32. The van der Waals surface area contributed by atoms with Gasteiger partial charge in [0.05, 0.1) is 5.52 Å². The first-order valence-corrected chi connectivity index (χ1v) is 7.93. The monoisotopic (exact) mass is 312 g/mol. The van der Waals surface area contributed by atoms with Crippen molar-refractivity contribution in [3.63, 3.8) is 0 Å². The highest BCUT2D eigenvalue weighted by Crippen LogP contribution is 2.29. The smallest absolute Gasteiger partial charge is 0.194 e. The molecule has 120 valence electrons. The van der Waals surface area contributed by atoms with E-state index in [1.165, 1.54) is 0 Å². The van der Waals surface area contributed by atoms with Crippen LogP contribution in [0.5, 0.6) is 0 Å². The molecular weight excluding hydrogens is 291 g/mol. The van der Waals surface area contributed by atoms with Crippen LogP contribution >= 0.6 is 0 Å². The van der Waals surface area contributed by atoms with Crippen LogP contribution in [0.4, 0.5) is 15.9 Å². The number of anilines is 2. The van der Waals surface area contributed by atoms with E-state index in [0.717, 1.165) is 40.6 Å². The molecule has 0 amide bonds. The first kappa shape index (κ1) is 15.5. The fourth-order valence-corrected chi connectivity index (χ4v) is 2.81. The van der Waals surface area contributed by atoms with Crippen molar-refractivity contribution in [1.82, 2.24) is 14.5 Å². The Morgan fingerprint density at radius 3 is 2.65 bits per heavy atom. The summed E-state index contributed by atoms with van der Waals surface area (Å²) in [5.41, 5.74) is 3.92. The van der Waals surface area contributed by atoms with E-state index in [1.54, 1.807) is 16.8 Å². The van der Waals surface area contributed by atoms with Crippen molar-refractivity contribution in [3.8, 4) is 0 Å². The Labute approximate surface area is 135 Å². The number of aryl methyl sites for hydroxylation is 3. The summed E-state index contributed by atoms with van der Waals surface area (Å²) in [7, 11) is 0. The van der Waals surface area contributed by atoms with E-state index in [4.69, 9.17) is 0 Å². The van der Waals surface area contributed by atoms with Crippen LogP contribution in [-0.4, -0.2) is 14.5 Å². The van der Waals surface area contributed by atoms with Gasteiger partial charge < -0.3 is 9.88 Å². The van der Waals surface area contributed by atoms with Crippen LogP contribution in [-0.2, 0) is 6.54 Å². The summed E-state index contributed by atoms with van der Waals surface area (Å²) in [6, 6.07) is 3.43. The molecule has 3 rings (SSSR count). The largest absolute Gasteiger partial charge is 0.339 e. The maximum absolute atomic E-state index is 14.3. The average molecular weight is 312 g/mol. The van der Waals surface area contributed by atoms with Crippen molar-refractivity contribution in [2.45, 2.75) is 40.2 Å². The number of pyridine rings is 2. The Morgan fingerprint density at radius 2 is 1.96 bits per heavy atom. The highest BCUT2D eigenvalue weighted by molar-refractivity contribution is 5.92. The SMILES string of the molecule is CCCCn1c(F)cc2c(Nc3c(C)cncc3C)nccc21. The molecule has 0 aromatic carbocycles. The summed E-state index contributed by atoms with van der Waals surface area (Å²) in [4.78, 5) is 8.58. The molecule has 4 nitrogen and oxygen atoms in total. The molecule has 0 saturated heterocycles. The van der Waals surface area contributed by atoms with Gasteiger partial charge in [0.2, 0.25) is 0 Å². The van der Waals surface area contributed by atoms with E-state index < -0.39 is 0 Å². The molecule has 0 fully saturated rings. The van der Waals surface area contributed by atoms with Crippen molar-refractivity contribution < 1.29 is 4.39 Å². The van der Waals surface area contributed by atoms with Gasteiger partial charge >= 0.3 is 0 Å². The number of nitrogens with one attached hydrogen (secondary N) is 1. The third kappa shape index (κ3) is 2.91. The molecule has 0 aliphatic carbocycles. The molecule has 5 heteroatoms. The zero-order valence-corrected chi connectivity index (χ0v) is 13.7. The normalized spacial score (nSPS) is 11.1. The standard InChI is InChI=1S/C18H21FN4/c1-4-5-8-23-15-6-7-21-18(14(15)9-16(23)19)22-17-12(2)10-20-11-13(17)3/h6-7,9-11H,4-5,8H2,1-3H3,(H,20,21,22). The molecule has 23 heavy (non-hydrogen) atoms. The molecule has 1 N–H and O–H groups in total. The Bertz CT molecular complexity index is 818. The fourth-order valence-electron chi connectivity index (χ4n) is 2.81. The minimum Gasteiger partial charge on any atom is -0.339 e. The summed E-state index contributed by atoms with van der Waals surface area (Å²) in [6.45, 7) is 6.78. The van der Waals surface area contributed by atoms with Gasteiger partial charge in [-0.2, -0.15) is 4.39 Å². The van der Waals surface area contributed by atoms with E-state index in [9.17, 15) is 4.39 Å².